The number of hydrogen-bond donors (Lipinski definition) is 1. The molecule has 4 unspecified atom stereocenters. The van der Waals surface area contributed by atoms with Crippen LogP contribution in [0.3, 0.4) is 0 Å². The summed E-state index contributed by atoms with van der Waals surface area (Å²) in [6, 6.07) is 0. The predicted molar refractivity (Wildman–Crippen MR) is 49.0 cm³/mol. The summed E-state index contributed by atoms with van der Waals surface area (Å²) in [5, 5.41) is 9.19. The van der Waals surface area contributed by atoms with Crippen LogP contribution in [0.1, 0.15) is 13.3 Å². The number of methoxy groups -OCH3 is 1. The molecule has 3 saturated heterocycles. The maximum absolute atomic E-state index is 9.19. The van der Waals surface area contributed by atoms with Gasteiger partial charge in [0.2, 0.25) is 0 Å². The molecule has 0 aromatic carbocycles. The molecule has 3 heterocycles. The van der Waals surface area contributed by atoms with E-state index in [9.17, 15) is 5.11 Å². The highest BCUT2D eigenvalue weighted by Crippen LogP contribution is 2.48. The Labute approximate surface area is 88.3 Å². The van der Waals surface area contributed by atoms with Gasteiger partial charge in [0.25, 0.3) is 5.97 Å². The van der Waals surface area contributed by atoms with Gasteiger partial charge in [0.05, 0.1) is 12.2 Å². The highest BCUT2D eigenvalue weighted by atomic mass is 16.9. The van der Waals surface area contributed by atoms with Gasteiger partial charge in [-0.05, 0) is 6.42 Å². The summed E-state index contributed by atoms with van der Waals surface area (Å²) in [4.78, 5) is 0. The van der Waals surface area contributed by atoms with Crippen molar-refractivity contribution in [2.45, 2.75) is 43.7 Å². The molecule has 0 aromatic heterocycles. The van der Waals surface area contributed by atoms with Crippen LogP contribution in [0.25, 0.3) is 0 Å². The van der Waals surface area contributed by atoms with Gasteiger partial charge in [-0.2, -0.15) is 0 Å². The fourth-order valence-electron chi connectivity index (χ4n) is 2.83. The highest BCUT2D eigenvalue weighted by Gasteiger charge is 2.62. The van der Waals surface area contributed by atoms with Crippen LogP contribution >= 0.6 is 0 Å². The number of aliphatic hydroxyl groups is 1. The molecule has 5 nitrogen and oxygen atoms in total. The SMILES string of the molecule is COC1(C)OC2C3CC(CO)[C@H](O3)[C@H]2O1. The Morgan fingerprint density at radius 2 is 2.07 bits per heavy atom. The van der Waals surface area contributed by atoms with Gasteiger partial charge in [0, 0.05) is 26.6 Å². The number of aliphatic hydroxyl groups excluding tert-OH is 1. The van der Waals surface area contributed by atoms with Crippen molar-refractivity contribution in [2.75, 3.05) is 13.7 Å². The fraction of sp³-hybridized carbons (Fsp3) is 1.00. The van der Waals surface area contributed by atoms with E-state index in [0.717, 1.165) is 6.42 Å². The molecule has 3 aliphatic rings. The minimum atomic E-state index is -0.944. The van der Waals surface area contributed by atoms with Crippen LogP contribution in [0.2, 0.25) is 0 Å². The standard InChI is InChI=1S/C10H16O5/c1-10(12-2)14-8-6-3-5(4-11)7(13-6)9(8)15-10/h5-9,11H,3-4H2,1-2H3/t5?,6?,7-,8?,9+,10?/m0/s1. The zero-order valence-corrected chi connectivity index (χ0v) is 8.88. The first-order valence-corrected chi connectivity index (χ1v) is 5.34. The Bertz CT molecular complexity index is 267. The Kier molecular flexibility index (Phi) is 2.10. The van der Waals surface area contributed by atoms with E-state index < -0.39 is 5.97 Å². The van der Waals surface area contributed by atoms with Crippen molar-refractivity contribution < 1.29 is 24.1 Å². The van der Waals surface area contributed by atoms with E-state index in [0.29, 0.717) is 0 Å². The van der Waals surface area contributed by atoms with Crippen LogP contribution in [0, 0.1) is 5.92 Å². The van der Waals surface area contributed by atoms with Crippen LogP contribution in [0.4, 0.5) is 0 Å². The van der Waals surface area contributed by atoms with Gasteiger partial charge in [-0.15, -0.1) is 0 Å². The number of rotatable bonds is 2. The first-order chi connectivity index (χ1) is 7.17. The van der Waals surface area contributed by atoms with Crippen LogP contribution < -0.4 is 0 Å². The van der Waals surface area contributed by atoms with Gasteiger partial charge in [0.1, 0.15) is 12.2 Å². The lowest BCUT2D eigenvalue weighted by Crippen LogP contribution is -2.40. The zero-order chi connectivity index (χ0) is 10.6. The van der Waals surface area contributed by atoms with Crippen molar-refractivity contribution in [3.8, 4) is 0 Å². The largest absolute Gasteiger partial charge is 0.396 e. The van der Waals surface area contributed by atoms with E-state index in [2.05, 4.69) is 0 Å². The predicted octanol–water partition coefficient (Wildman–Crippen LogP) is -0.130. The molecular weight excluding hydrogens is 200 g/mol. The lowest BCUT2D eigenvalue weighted by atomic mass is 9.86. The molecule has 2 bridgehead atoms. The van der Waals surface area contributed by atoms with E-state index >= 15 is 0 Å². The second kappa shape index (κ2) is 3.15. The first kappa shape index (κ1) is 9.99. The molecule has 1 N–H and O–H groups in total. The van der Waals surface area contributed by atoms with Gasteiger partial charge in [-0.1, -0.05) is 0 Å². The van der Waals surface area contributed by atoms with Crippen molar-refractivity contribution in [3.05, 3.63) is 0 Å². The quantitative estimate of drug-likeness (QED) is 0.697. The molecule has 0 aliphatic carbocycles. The van der Waals surface area contributed by atoms with Crippen molar-refractivity contribution in [3.63, 3.8) is 0 Å². The molecule has 6 atom stereocenters. The summed E-state index contributed by atoms with van der Waals surface area (Å²) in [5.41, 5.74) is 0. The van der Waals surface area contributed by atoms with Crippen LogP contribution in [-0.4, -0.2) is 49.2 Å². The Hall–Kier alpha value is -0.200. The lowest BCUT2D eigenvalue weighted by molar-refractivity contribution is -0.329. The summed E-state index contributed by atoms with van der Waals surface area (Å²) >= 11 is 0. The minimum absolute atomic E-state index is 0.0391. The van der Waals surface area contributed by atoms with E-state index in [1.807, 2.05) is 0 Å². The molecule has 15 heavy (non-hydrogen) atoms. The normalized spacial score (nSPS) is 57.4. The van der Waals surface area contributed by atoms with Gasteiger partial charge in [-0.3, -0.25) is 0 Å². The van der Waals surface area contributed by atoms with Gasteiger partial charge in [-0.25, -0.2) is 0 Å². The summed E-state index contributed by atoms with van der Waals surface area (Å²) < 4.78 is 22.3. The van der Waals surface area contributed by atoms with Gasteiger partial charge >= 0.3 is 0 Å². The maximum atomic E-state index is 9.19. The summed E-state index contributed by atoms with van der Waals surface area (Å²) in [6.07, 6.45) is 0.732. The number of ether oxygens (including phenoxy) is 4. The second-order valence-corrected chi connectivity index (χ2v) is 4.55. The minimum Gasteiger partial charge on any atom is -0.396 e. The van der Waals surface area contributed by atoms with E-state index in [1.54, 1.807) is 14.0 Å². The molecule has 0 aromatic rings. The molecule has 0 amide bonds. The van der Waals surface area contributed by atoms with E-state index in [-0.39, 0.29) is 36.9 Å². The smallest absolute Gasteiger partial charge is 0.280 e. The third kappa shape index (κ3) is 1.28. The lowest BCUT2D eigenvalue weighted by Gasteiger charge is -2.24. The maximum Gasteiger partial charge on any atom is 0.280 e. The summed E-state index contributed by atoms with van der Waals surface area (Å²) in [7, 11) is 1.56. The summed E-state index contributed by atoms with van der Waals surface area (Å²) in [6.45, 7) is 1.91. The molecule has 86 valence electrons. The van der Waals surface area contributed by atoms with Gasteiger partial charge in [0.15, 0.2) is 0 Å². The van der Waals surface area contributed by atoms with E-state index in [1.165, 1.54) is 0 Å². The molecule has 0 radical (unpaired) electrons. The topological polar surface area (TPSA) is 57.2 Å². The van der Waals surface area contributed by atoms with Crippen LogP contribution in [0.15, 0.2) is 0 Å². The monoisotopic (exact) mass is 216 g/mol. The Morgan fingerprint density at radius 3 is 2.73 bits per heavy atom. The average molecular weight is 216 g/mol. The average Bonchev–Trinajstić information content (AvgIpc) is 2.85. The Morgan fingerprint density at radius 1 is 1.33 bits per heavy atom. The van der Waals surface area contributed by atoms with Crippen molar-refractivity contribution in [1.29, 1.82) is 0 Å². The number of fused-ring (bicyclic) bond motifs is 5. The van der Waals surface area contributed by atoms with Crippen LogP contribution in [0.5, 0.6) is 0 Å². The Balaban J connectivity index is 1.79. The molecule has 0 spiro atoms. The van der Waals surface area contributed by atoms with Crippen molar-refractivity contribution in [2.24, 2.45) is 5.92 Å². The molecule has 3 rings (SSSR count). The van der Waals surface area contributed by atoms with Crippen molar-refractivity contribution >= 4 is 0 Å². The molecular formula is C10H16O5. The zero-order valence-electron chi connectivity index (χ0n) is 8.88. The molecule has 3 fully saturated rings. The molecule has 3 aliphatic heterocycles. The third-order valence-electron chi connectivity index (χ3n) is 3.65. The second-order valence-electron chi connectivity index (χ2n) is 4.55. The van der Waals surface area contributed by atoms with Crippen LogP contribution in [-0.2, 0) is 18.9 Å². The molecule has 5 heteroatoms. The fourth-order valence-corrected chi connectivity index (χ4v) is 2.83. The highest BCUT2D eigenvalue weighted by molar-refractivity contribution is 5.05. The number of hydrogen-bond acceptors (Lipinski definition) is 5. The summed E-state index contributed by atoms with van der Waals surface area (Å²) in [5.74, 6) is -0.765. The molecule has 0 saturated carbocycles. The van der Waals surface area contributed by atoms with Gasteiger partial charge < -0.3 is 24.1 Å². The third-order valence-corrected chi connectivity index (χ3v) is 3.65. The van der Waals surface area contributed by atoms with Crippen molar-refractivity contribution in [1.82, 2.24) is 0 Å². The van der Waals surface area contributed by atoms with E-state index in [4.69, 9.17) is 18.9 Å². The first-order valence-electron chi connectivity index (χ1n) is 5.34.